The maximum absolute atomic E-state index is 13.6. The third-order valence-electron chi connectivity index (χ3n) is 2.02. The van der Waals surface area contributed by atoms with Gasteiger partial charge in [-0.3, -0.25) is 0 Å². The summed E-state index contributed by atoms with van der Waals surface area (Å²) in [5.41, 5.74) is 1.16. The maximum atomic E-state index is 13.6. The minimum Gasteiger partial charge on any atom is -0.378 e. The molecule has 0 unspecified atom stereocenters. The van der Waals surface area contributed by atoms with Gasteiger partial charge in [-0.1, -0.05) is 15.9 Å². The average Bonchev–Trinajstić information content (AvgIpc) is 2.71. The molecule has 0 aliphatic carbocycles. The average molecular weight is 302 g/mol. The van der Waals surface area contributed by atoms with Crippen molar-refractivity contribution in [3.05, 3.63) is 38.9 Å². The molecule has 0 N–H and O–H groups in total. The molecule has 1 heterocycles. The van der Waals surface area contributed by atoms with Crippen LogP contribution >= 0.6 is 27.3 Å². The molecule has 5 heteroatoms. The number of thiazole rings is 1. The van der Waals surface area contributed by atoms with E-state index in [0.717, 1.165) is 9.48 Å². The van der Waals surface area contributed by atoms with Crippen LogP contribution in [-0.2, 0) is 11.3 Å². The van der Waals surface area contributed by atoms with Gasteiger partial charge in [0, 0.05) is 22.5 Å². The van der Waals surface area contributed by atoms with Crippen LogP contribution < -0.4 is 0 Å². The first-order chi connectivity index (χ1) is 7.70. The second kappa shape index (κ2) is 5.03. The topological polar surface area (TPSA) is 22.1 Å². The zero-order valence-corrected chi connectivity index (χ0v) is 10.9. The van der Waals surface area contributed by atoms with Crippen LogP contribution in [0.15, 0.2) is 28.1 Å². The Bertz CT molecular complexity index is 500. The number of halogens is 2. The Kier molecular flexibility index (Phi) is 3.68. The molecule has 2 aromatic rings. The van der Waals surface area contributed by atoms with E-state index in [1.165, 1.54) is 17.4 Å². The second-order valence-corrected chi connectivity index (χ2v) is 5.04. The first-order valence-corrected chi connectivity index (χ1v) is 6.26. The molecular formula is C11H9BrFNOS. The monoisotopic (exact) mass is 301 g/mol. The van der Waals surface area contributed by atoms with E-state index in [2.05, 4.69) is 20.9 Å². The molecule has 0 radical (unpaired) electrons. The third-order valence-corrected chi connectivity index (χ3v) is 3.34. The summed E-state index contributed by atoms with van der Waals surface area (Å²) < 4.78 is 19.4. The zero-order valence-electron chi connectivity index (χ0n) is 8.54. The van der Waals surface area contributed by atoms with Crippen LogP contribution in [0.4, 0.5) is 4.39 Å². The number of nitrogens with zero attached hydrogens (tertiary/aromatic N) is 1. The van der Waals surface area contributed by atoms with E-state index in [1.807, 2.05) is 5.38 Å². The quantitative estimate of drug-likeness (QED) is 0.859. The predicted octanol–water partition coefficient (Wildman–Crippen LogP) is 3.86. The number of methoxy groups -OCH3 is 1. The fourth-order valence-corrected chi connectivity index (χ4v) is 2.44. The van der Waals surface area contributed by atoms with Crippen LogP contribution in [0.1, 0.15) is 5.01 Å². The summed E-state index contributed by atoms with van der Waals surface area (Å²) in [5, 5.41) is 2.68. The number of aromatic nitrogens is 1. The molecule has 1 aromatic carbocycles. The molecule has 2 rings (SSSR count). The number of benzene rings is 1. The van der Waals surface area contributed by atoms with Crippen molar-refractivity contribution in [3.63, 3.8) is 0 Å². The van der Waals surface area contributed by atoms with Crippen molar-refractivity contribution >= 4 is 27.3 Å². The highest BCUT2D eigenvalue weighted by molar-refractivity contribution is 9.10. The Morgan fingerprint density at radius 1 is 1.50 bits per heavy atom. The van der Waals surface area contributed by atoms with Gasteiger partial charge < -0.3 is 4.74 Å². The largest absolute Gasteiger partial charge is 0.378 e. The van der Waals surface area contributed by atoms with Gasteiger partial charge in [-0.15, -0.1) is 11.3 Å². The van der Waals surface area contributed by atoms with E-state index in [0.29, 0.717) is 17.9 Å². The second-order valence-electron chi connectivity index (χ2n) is 3.18. The van der Waals surface area contributed by atoms with E-state index >= 15 is 0 Å². The van der Waals surface area contributed by atoms with Crippen molar-refractivity contribution in [2.45, 2.75) is 6.61 Å². The minimum atomic E-state index is -0.266. The van der Waals surface area contributed by atoms with Gasteiger partial charge in [0.1, 0.15) is 10.8 Å². The normalized spacial score (nSPS) is 10.7. The first kappa shape index (κ1) is 11.7. The molecule has 0 aliphatic heterocycles. The third kappa shape index (κ3) is 2.48. The Hall–Kier alpha value is -0.780. The zero-order chi connectivity index (χ0) is 11.5. The van der Waals surface area contributed by atoms with Crippen molar-refractivity contribution in [2.75, 3.05) is 7.11 Å². The molecule has 0 bridgehead atoms. The molecule has 0 aliphatic rings. The lowest BCUT2D eigenvalue weighted by atomic mass is 10.1. The lowest BCUT2D eigenvalue weighted by molar-refractivity contribution is 0.184. The van der Waals surface area contributed by atoms with Crippen LogP contribution in [0.5, 0.6) is 0 Å². The summed E-state index contributed by atoms with van der Waals surface area (Å²) in [4.78, 5) is 4.30. The van der Waals surface area contributed by atoms with E-state index in [-0.39, 0.29) is 5.82 Å². The summed E-state index contributed by atoms with van der Waals surface area (Å²) >= 11 is 4.78. The summed E-state index contributed by atoms with van der Waals surface area (Å²) in [5.74, 6) is -0.266. The van der Waals surface area contributed by atoms with Crippen LogP contribution in [0, 0.1) is 5.82 Å². The predicted molar refractivity (Wildman–Crippen MR) is 65.9 cm³/mol. The van der Waals surface area contributed by atoms with Crippen molar-refractivity contribution in [3.8, 4) is 11.3 Å². The molecule has 0 fully saturated rings. The Morgan fingerprint density at radius 3 is 3.06 bits per heavy atom. The molecule has 1 aromatic heterocycles. The molecule has 0 atom stereocenters. The molecule has 2 nitrogen and oxygen atoms in total. The fourth-order valence-electron chi connectivity index (χ4n) is 1.32. The SMILES string of the molecule is COCc1nc(-c2cc(Br)ccc2F)cs1. The smallest absolute Gasteiger partial charge is 0.132 e. The first-order valence-electron chi connectivity index (χ1n) is 4.59. The van der Waals surface area contributed by atoms with Crippen LogP contribution in [0.2, 0.25) is 0 Å². The highest BCUT2D eigenvalue weighted by atomic mass is 79.9. The summed E-state index contributed by atoms with van der Waals surface area (Å²) in [6.07, 6.45) is 0. The standard InChI is InChI=1S/C11H9BrFNOS/c1-15-5-11-14-10(6-16-11)8-4-7(12)2-3-9(8)13/h2-4,6H,5H2,1H3. The van der Waals surface area contributed by atoms with Crippen LogP contribution in [-0.4, -0.2) is 12.1 Å². The lowest BCUT2D eigenvalue weighted by Gasteiger charge is -1.99. The Balaban J connectivity index is 2.38. The summed E-state index contributed by atoms with van der Waals surface area (Å²) in [7, 11) is 1.61. The van der Waals surface area contributed by atoms with Crippen molar-refractivity contribution in [1.82, 2.24) is 4.98 Å². The van der Waals surface area contributed by atoms with E-state index in [1.54, 1.807) is 19.2 Å². The van der Waals surface area contributed by atoms with Gasteiger partial charge in [0.05, 0.1) is 12.3 Å². The van der Waals surface area contributed by atoms with E-state index in [4.69, 9.17) is 4.74 Å². The number of hydrogen-bond donors (Lipinski definition) is 0. The number of ether oxygens (including phenoxy) is 1. The molecule has 0 amide bonds. The molecular weight excluding hydrogens is 293 g/mol. The van der Waals surface area contributed by atoms with Gasteiger partial charge >= 0.3 is 0 Å². The maximum Gasteiger partial charge on any atom is 0.132 e. The van der Waals surface area contributed by atoms with Crippen molar-refractivity contribution in [1.29, 1.82) is 0 Å². The Labute approximate surface area is 105 Å². The highest BCUT2D eigenvalue weighted by Crippen LogP contribution is 2.27. The van der Waals surface area contributed by atoms with Gasteiger partial charge in [0.15, 0.2) is 0 Å². The molecule has 0 saturated heterocycles. The minimum absolute atomic E-state index is 0.266. The van der Waals surface area contributed by atoms with Gasteiger partial charge in [0.25, 0.3) is 0 Å². The molecule has 0 saturated carbocycles. The van der Waals surface area contributed by atoms with E-state index < -0.39 is 0 Å². The van der Waals surface area contributed by atoms with E-state index in [9.17, 15) is 4.39 Å². The van der Waals surface area contributed by atoms with Crippen molar-refractivity contribution < 1.29 is 9.13 Å². The van der Waals surface area contributed by atoms with Gasteiger partial charge in [-0.2, -0.15) is 0 Å². The fraction of sp³-hybridized carbons (Fsp3) is 0.182. The highest BCUT2D eigenvalue weighted by Gasteiger charge is 2.09. The van der Waals surface area contributed by atoms with Crippen LogP contribution in [0.25, 0.3) is 11.3 Å². The van der Waals surface area contributed by atoms with Crippen LogP contribution in [0.3, 0.4) is 0 Å². The number of rotatable bonds is 3. The molecule has 16 heavy (non-hydrogen) atoms. The summed E-state index contributed by atoms with van der Waals surface area (Å²) in [6, 6.07) is 4.82. The van der Waals surface area contributed by atoms with Gasteiger partial charge in [-0.25, -0.2) is 9.37 Å². The number of hydrogen-bond acceptors (Lipinski definition) is 3. The summed E-state index contributed by atoms with van der Waals surface area (Å²) in [6.45, 7) is 0.459. The van der Waals surface area contributed by atoms with Gasteiger partial charge in [-0.05, 0) is 18.2 Å². The van der Waals surface area contributed by atoms with Crippen molar-refractivity contribution in [2.24, 2.45) is 0 Å². The Morgan fingerprint density at radius 2 is 2.31 bits per heavy atom. The van der Waals surface area contributed by atoms with Gasteiger partial charge in [0.2, 0.25) is 0 Å². The lowest BCUT2D eigenvalue weighted by Crippen LogP contribution is -1.88. The molecule has 84 valence electrons. The molecule has 0 spiro atoms.